The van der Waals surface area contributed by atoms with Gasteiger partial charge in [0.15, 0.2) is 0 Å². The third kappa shape index (κ3) is 3.32. The number of hydrogen-bond donors (Lipinski definition) is 2. The predicted molar refractivity (Wildman–Crippen MR) is 97.9 cm³/mol. The Labute approximate surface area is 147 Å². The topological polar surface area (TPSA) is 49.3 Å². The molecule has 2 N–H and O–H groups in total. The summed E-state index contributed by atoms with van der Waals surface area (Å²) in [7, 11) is 0. The van der Waals surface area contributed by atoms with Crippen molar-refractivity contribution in [3.8, 4) is 5.75 Å². The molecule has 0 saturated carbocycles. The SMILES string of the molecule is CSc1cc(O)ccc1CNC(=O)c1sc2ccccc2c1Cl. The van der Waals surface area contributed by atoms with Gasteiger partial charge in [-0.3, -0.25) is 4.79 Å². The Kier molecular flexibility index (Phi) is 4.80. The van der Waals surface area contributed by atoms with Gasteiger partial charge < -0.3 is 10.4 Å². The molecule has 0 fully saturated rings. The fourth-order valence-corrected chi connectivity index (χ4v) is 4.37. The van der Waals surface area contributed by atoms with Crippen LogP contribution in [-0.2, 0) is 6.54 Å². The molecule has 0 atom stereocenters. The van der Waals surface area contributed by atoms with Crippen LogP contribution >= 0.6 is 34.7 Å². The van der Waals surface area contributed by atoms with Crippen molar-refractivity contribution in [1.82, 2.24) is 5.32 Å². The number of carbonyl (C=O) groups is 1. The second-order valence-corrected chi connectivity index (χ2v) is 7.20. The molecule has 0 aliphatic heterocycles. The largest absolute Gasteiger partial charge is 0.508 e. The van der Waals surface area contributed by atoms with Crippen LogP contribution in [0.5, 0.6) is 5.75 Å². The zero-order chi connectivity index (χ0) is 16.4. The Balaban J connectivity index is 1.80. The summed E-state index contributed by atoms with van der Waals surface area (Å²) in [5, 5.41) is 13.8. The van der Waals surface area contributed by atoms with E-state index >= 15 is 0 Å². The highest BCUT2D eigenvalue weighted by Gasteiger charge is 2.17. The quantitative estimate of drug-likeness (QED) is 0.647. The average Bonchev–Trinajstić information content (AvgIpc) is 2.90. The number of thioether (sulfide) groups is 1. The molecule has 0 unspecified atom stereocenters. The fraction of sp³-hybridized carbons (Fsp3) is 0.118. The van der Waals surface area contributed by atoms with Crippen LogP contribution in [0.2, 0.25) is 5.02 Å². The number of phenolic OH excluding ortho intramolecular Hbond substituents is 1. The molecule has 6 heteroatoms. The van der Waals surface area contributed by atoms with Crippen molar-refractivity contribution in [3.63, 3.8) is 0 Å². The van der Waals surface area contributed by atoms with Crippen LogP contribution < -0.4 is 5.32 Å². The highest BCUT2D eigenvalue weighted by Crippen LogP contribution is 2.35. The second kappa shape index (κ2) is 6.83. The van der Waals surface area contributed by atoms with Crippen molar-refractivity contribution < 1.29 is 9.90 Å². The van der Waals surface area contributed by atoms with E-state index in [1.165, 1.54) is 23.1 Å². The lowest BCUT2D eigenvalue weighted by Gasteiger charge is -2.09. The molecule has 118 valence electrons. The third-order valence-corrected chi connectivity index (χ3v) is 5.95. The first-order valence-electron chi connectivity index (χ1n) is 6.91. The summed E-state index contributed by atoms with van der Waals surface area (Å²) in [6, 6.07) is 12.8. The molecule has 0 radical (unpaired) electrons. The molecule has 1 heterocycles. The summed E-state index contributed by atoms with van der Waals surface area (Å²) in [5.41, 5.74) is 0.959. The zero-order valence-electron chi connectivity index (χ0n) is 12.3. The van der Waals surface area contributed by atoms with Crippen molar-refractivity contribution in [2.24, 2.45) is 0 Å². The molecule has 0 saturated heterocycles. The van der Waals surface area contributed by atoms with Crippen LogP contribution in [0.25, 0.3) is 10.1 Å². The van der Waals surface area contributed by atoms with Gasteiger partial charge in [-0.25, -0.2) is 0 Å². The second-order valence-electron chi connectivity index (χ2n) is 4.92. The van der Waals surface area contributed by atoms with E-state index in [0.717, 1.165) is 20.5 Å². The lowest BCUT2D eigenvalue weighted by molar-refractivity contribution is 0.0955. The molecule has 0 aliphatic carbocycles. The summed E-state index contributed by atoms with van der Waals surface area (Å²) in [5.74, 6) is 0.0355. The normalized spacial score (nSPS) is 10.9. The van der Waals surface area contributed by atoms with Gasteiger partial charge in [-0.05, 0) is 30.0 Å². The first-order valence-corrected chi connectivity index (χ1v) is 9.33. The van der Waals surface area contributed by atoms with Gasteiger partial charge in [0.1, 0.15) is 10.6 Å². The summed E-state index contributed by atoms with van der Waals surface area (Å²) in [6.07, 6.45) is 1.93. The highest BCUT2D eigenvalue weighted by atomic mass is 35.5. The number of benzene rings is 2. The molecule has 3 nitrogen and oxygen atoms in total. The Morgan fingerprint density at radius 3 is 2.83 bits per heavy atom. The van der Waals surface area contributed by atoms with Gasteiger partial charge in [-0.2, -0.15) is 0 Å². The number of carbonyl (C=O) groups excluding carboxylic acids is 1. The van der Waals surface area contributed by atoms with Gasteiger partial charge in [0.2, 0.25) is 0 Å². The van der Waals surface area contributed by atoms with E-state index in [0.29, 0.717) is 16.4 Å². The van der Waals surface area contributed by atoms with Crippen LogP contribution in [0, 0.1) is 0 Å². The minimum absolute atomic E-state index is 0.184. The molecule has 0 aliphatic rings. The summed E-state index contributed by atoms with van der Waals surface area (Å²) < 4.78 is 0.997. The minimum Gasteiger partial charge on any atom is -0.508 e. The number of nitrogens with one attached hydrogen (secondary N) is 1. The molecule has 1 aromatic heterocycles. The Morgan fingerprint density at radius 1 is 1.30 bits per heavy atom. The molecular weight excluding hydrogens is 350 g/mol. The van der Waals surface area contributed by atoms with E-state index in [2.05, 4.69) is 5.32 Å². The maximum absolute atomic E-state index is 12.4. The number of rotatable bonds is 4. The zero-order valence-corrected chi connectivity index (χ0v) is 14.7. The number of phenols is 1. The Bertz CT molecular complexity index is 876. The van der Waals surface area contributed by atoms with Crippen LogP contribution in [-0.4, -0.2) is 17.3 Å². The van der Waals surface area contributed by atoms with E-state index in [-0.39, 0.29) is 11.7 Å². The van der Waals surface area contributed by atoms with Crippen molar-refractivity contribution in [2.75, 3.05) is 6.26 Å². The maximum atomic E-state index is 12.4. The number of halogens is 1. The number of thiophene rings is 1. The van der Waals surface area contributed by atoms with Gasteiger partial charge in [-0.1, -0.05) is 35.9 Å². The van der Waals surface area contributed by atoms with Crippen LogP contribution in [0.1, 0.15) is 15.2 Å². The molecule has 3 aromatic rings. The van der Waals surface area contributed by atoms with Gasteiger partial charge in [0.25, 0.3) is 5.91 Å². The first kappa shape index (κ1) is 16.2. The molecule has 0 spiro atoms. The van der Waals surface area contributed by atoms with E-state index < -0.39 is 0 Å². The predicted octanol–water partition coefficient (Wildman–Crippen LogP) is 4.91. The van der Waals surface area contributed by atoms with Gasteiger partial charge in [-0.15, -0.1) is 23.1 Å². The van der Waals surface area contributed by atoms with Crippen molar-refractivity contribution in [1.29, 1.82) is 0 Å². The lowest BCUT2D eigenvalue weighted by Crippen LogP contribution is -2.22. The number of hydrogen-bond acceptors (Lipinski definition) is 4. The van der Waals surface area contributed by atoms with Gasteiger partial charge in [0.05, 0.1) is 5.02 Å². The van der Waals surface area contributed by atoms with Crippen LogP contribution in [0.4, 0.5) is 0 Å². The van der Waals surface area contributed by atoms with E-state index in [4.69, 9.17) is 11.6 Å². The Morgan fingerprint density at radius 2 is 2.09 bits per heavy atom. The van der Waals surface area contributed by atoms with Crippen LogP contribution in [0.15, 0.2) is 47.4 Å². The molecular formula is C17H14ClNO2S2. The van der Waals surface area contributed by atoms with Crippen molar-refractivity contribution >= 4 is 50.7 Å². The fourth-order valence-electron chi connectivity index (χ4n) is 2.30. The van der Waals surface area contributed by atoms with Gasteiger partial charge >= 0.3 is 0 Å². The summed E-state index contributed by atoms with van der Waals surface area (Å²) in [4.78, 5) is 13.9. The smallest absolute Gasteiger partial charge is 0.263 e. The highest BCUT2D eigenvalue weighted by molar-refractivity contribution is 7.98. The molecule has 1 amide bonds. The molecule has 23 heavy (non-hydrogen) atoms. The summed E-state index contributed by atoms with van der Waals surface area (Å²) in [6.45, 7) is 0.389. The number of amides is 1. The van der Waals surface area contributed by atoms with E-state index in [1.807, 2.05) is 36.6 Å². The number of fused-ring (bicyclic) bond motifs is 1. The average molecular weight is 364 g/mol. The van der Waals surface area contributed by atoms with Gasteiger partial charge in [0, 0.05) is 21.5 Å². The van der Waals surface area contributed by atoms with E-state index in [1.54, 1.807) is 12.1 Å². The summed E-state index contributed by atoms with van der Waals surface area (Å²) >= 11 is 9.25. The molecule has 0 bridgehead atoms. The third-order valence-electron chi connectivity index (χ3n) is 3.45. The number of aromatic hydroxyl groups is 1. The van der Waals surface area contributed by atoms with E-state index in [9.17, 15) is 9.90 Å². The minimum atomic E-state index is -0.184. The molecule has 3 rings (SSSR count). The standard InChI is InChI=1S/C17H14ClNO2S2/c1-22-14-8-11(20)7-6-10(14)9-19-17(21)16-15(18)12-4-2-3-5-13(12)23-16/h2-8,20H,9H2,1H3,(H,19,21). The lowest BCUT2D eigenvalue weighted by atomic mass is 10.2. The first-order chi connectivity index (χ1) is 11.1. The maximum Gasteiger partial charge on any atom is 0.263 e. The monoisotopic (exact) mass is 363 g/mol. The van der Waals surface area contributed by atoms with Crippen molar-refractivity contribution in [3.05, 3.63) is 57.9 Å². The van der Waals surface area contributed by atoms with Crippen LogP contribution in [0.3, 0.4) is 0 Å². The molecule has 2 aromatic carbocycles. The Hall–Kier alpha value is -1.69. The van der Waals surface area contributed by atoms with Crippen molar-refractivity contribution in [2.45, 2.75) is 11.4 Å².